The largest absolute Gasteiger partial charge is 0.497 e. The molecular formula is C26H23N3O6. The minimum absolute atomic E-state index is 0.00318. The third kappa shape index (κ3) is 5.77. The highest BCUT2D eigenvalue weighted by molar-refractivity contribution is 6.05. The van der Waals surface area contributed by atoms with E-state index in [1.165, 1.54) is 19.4 Å². The van der Waals surface area contributed by atoms with E-state index >= 15 is 0 Å². The van der Waals surface area contributed by atoms with E-state index in [0.29, 0.717) is 39.7 Å². The average Bonchev–Trinajstić information content (AvgIpc) is 3.36. The van der Waals surface area contributed by atoms with Crippen LogP contribution in [0, 0.1) is 0 Å². The molecule has 0 aliphatic carbocycles. The van der Waals surface area contributed by atoms with Gasteiger partial charge in [0, 0.05) is 17.2 Å². The maximum absolute atomic E-state index is 13.0. The monoisotopic (exact) mass is 473 g/mol. The molecule has 0 fully saturated rings. The SMILES string of the molecule is COc1ccc(/C=N/NC(=O)/C(=C\c2ccc3c(c2)OCO3)NC(=O)c2ccccc2)c(OC)c1. The standard InChI is InChI=1S/C26H23N3O6/c1-32-20-10-9-19(23(14-20)33-2)15-27-29-26(31)21(28-25(30)18-6-4-3-5-7-18)12-17-8-11-22-24(13-17)35-16-34-22/h3-15H,16H2,1-2H3,(H,28,30)(H,29,31)/b21-12+,27-15+. The molecule has 3 aromatic carbocycles. The van der Waals surface area contributed by atoms with Gasteiger partial charge < -0.3 is 24.3 Å². The Kier molecular flexibility index (Phi) is 7.27. The predicted octanol–water partition coefficient (Wildman–Crippen LogP) is 3.35. The molecule has 0 saturated carbocycles. The molecule has 9 nitrogen and oxygen atoms in total. The lowest BCUT2D eigenvalue weighted by Crippen LogP contribution is -2.32. The summed E-state index contributed by atoms with van der Waals surface area (Å²) in [5, 5.41) is 6.68. The summed E-state index contributed by atoms with van der Waals surface area (Å²) in [6, 6.07) is 19.0. The molecule has 1 aliphatic heterocycles. The Morgan fingerprint density at radius 2 is 1.74 bits per heavy atom. The highest BCUT2D eigenvalue weighted by Crippen LogP contribution is 2.33. The molecule has 9 heteroatoms. The van der Waals surface area contributed by atoms with E-state index < -0.39 is 11.8 Å². The van der Waals surface area contributed by atoms with Crippen molar-refractivity contribution in [3.05, 3.63) is 89.1 Å². The Balaban J connectivity index is 1.56. The van der Waals surface area contributed by atoms with Crippen LogP contribution < -0.4 is 29.7 Å². The smallest absolute Gasteiger partial charge is 0.287 e. The fraction of sp³-hybridized carbons (Fsp3) is 0.115. The maximum atomic E-state index is 13.0. The first-order valence-electron chi connectivity index (χ1n) is 10.6. The number of methoxy groups -OCH3 is 2. The summed E-state index contributed by atoms with van der Waals surface area (Å²) in [5.74, 6) is 1.26. The highest BCUT2D eigenvalue weighted by Gasteiger charge is 2.17. The van der Waals surface area contributed by atoms with Crippen LogP contribution in [0.15, 0.2) is 77.5 Å². The Bertz CT molecular complexity index is 1290. The summed E-state index contributed by atoms with van der Waals surface area (Å²) in [6.07, 6.45) is 2.97. The number of nitrogens with zero attached hydrogens (tertiary/aromatic N) is 1. The predicted molar refractivity (Wildman–Crippen MR) is 130 cm³/mol. The van der Waals surface area contributed by atoms with Gasteiger partial charge in [-0.2, -0.15) is 5.10 Å². The van der Waals surface area contributed by atoms with Crippen molar-refractivity contribution in [3.8, 4) is 23.0 Å². The number of ether oxygens (including phenoxy) is 4. The number of hydrazone groups is 1. The lowest BCUT2D eigenvalue weighted by Gasteiger charge is -2.10. The molecule has 0 aromatic heterocycles. The maximum Gasteiger partial charge on any atom is 0.287 e. The lowest BCUT2D eigenvalue weighted by molar-refractivity contribution is -0.117. The van der Waals surface area contributed by atoms with Crippen molar-refractivity contribution in [1.82, 2.24) is 10.7 Å². The quantitative estimate of drug-likeness (QED) is 0.295. The number of carbonyl (C=O) groups excluding carboxylic acids is 2. The van der Waals surface area contributed by atoms with Gasteiger partial charge in [0.15, 0.2) is 11.5 Å². The van der Waals surface area contributed by atoms with Gasteiger partial charge in [0.25, 0.3) is 11.8 Å². The van der Waals surface area contributed by atoms with Crippen LogP contribution in [0.2, 0.25) is 0 Å². The first kappa shape index (κ1) is 23.4. The van der Waals surface area contributed by atoms with E-state index in [1.807, 2.05) is 0 Å². The van der Waals surface area contributed by atoms with Gasteiger partial charge in [-0.1, -0.05) is 24.3 Å². The summed E-state index contributed by atoms with van der Waals surface area (Å²) in [7, 11) is 3.08. The molecule has 178 valence electrons. The van der Waals surface area contributed by atoms with E-state index in [4.69, 9.17) is 18.9 Å². The Morgan fingerprint density at radius 3 is 2.51 bits per heavy atom. The molecule has 0 bridgehead atoms. The molecular weight excluding hydrogens is 450 g/mol. The highest BCUT2D eigenvalue weighted by atomic mass is 16.7. The molecule has 0 unspecified atom stereocenters. The molecule has 0 atom stereocenters. The van der Waals surface area contributed by atoms with Crippen molar-refractivity contribution < 1.29 is 28.5 Å². The third-order valence-electron chi connectivity index (χ3n) is 5.05. The number of benzene rings is 3. The van der Waals surface area contributed by atoms with Crippen molar-refractivity contribution in [1.29, 1.82) is 0 Å². The van der Waals surface area contributed by atoms with Gasteiger partial charge in [-0.25, -0.2) is 5.43 Å². The number of hydrogen-bond donors (Lipinski definition) is 2. The topological polar surface area (TPSA) is 107 Å². The van der Waals surface area contributed by atoms with Gasteiger partial charge >= 0.3 is 0 Å². The zero-order chi connectivity index (χ0) is 24.6. The van der Waals surface area contributed by atoms with Crippen LogP contribution in [0.1, 0.15) is 21.5 Å². The fourth-order valence-electron chi connectivity index (χ4n) is 3.26. The minimum Gasteiger partial charge on any atom is -0.497 e. The second-order valence-corrected chi connectivity index (χ2v) is 7.30. The van der Waals surface area contributed by atoms with Crippen LogP contribution in [-0.4, -0.2) is 39.0 Å². The zero-order valence-electron chi connectivity index (χ0n) is 19.1. The Hall–Kier alpha value is -4.79. The molecule has 4 rings (SSSR count). The average molecular weight is 473 g/mol. The third-order valence-corrected chi connectivity index (χ3v) is 5.05. The van der Waals surface area contributed by atoms with Crippen LogP contribution in [-0.2, 0) is 4.79 Å². The fourth-order valence-corrected chi connectivity index (χ4v) is 3.26. The summed E-state index contributed by atoms with van der Waals surface area (Å²) in [4.78, 5) is 25.7. The van der Waals surface area contributed by atoms with Crippen molar-refractivity contribution in [2.75, 3.05) is 21.0 Å². The van der Waals surface area contributed by atoms with E-state index in [9.17, 15) is 9.59 Å². The number of nitrogens with one attached hydrogen (secondary N) is 2. The Labute approximate surface area is 202 Å². The van der Waals surface area contributed by atoms with Gasteiger partial charge in [0.2, 0.25) is 6.79 Å². The summed E-state index contributed by atoms with van der Waals surface area (Å²) < 4.78 is 21.2. The van der Waals surface area contributed by atoms with Crippen LogP contribution in [0.25, 0.3) is 6.08 Å². The summed E-state index contributed by atoms with van der Waals surface area (Å²) in [6.45, 7) is 0.129. The molecule has 1 aliphatic rings. The van der Waals surface area contributed by atoms with Crippen LogP contribution in [0.5, 0.6) is 23.0 Å². The number of fused-ring (bicyclic) bond motifs is 1. The first-order valence-corrected chi connectivity index (χ1v) is 10.6. The molecule has 3 aromatic rings. The molecule has 0 radical (unpaired) electrons. The number of rotatable bonds is 8. The van der Waals surface area contributed by atoms with E-state index in [1.54, 1.807) is 73.8 Å². The van der Waals surface area contributed by atoms with Crippen molar-refractivity contribution >= 4 is 24.1 Å². The zero-order valence-corrected chi connectivity index (χ0v) is 19.1. The van der Waals surface area contributed by atoms with E-state index in [-0.39, 0.29) is 12.5 Å². The van der Waals surface area contributed by atoms with Crippen LogP contribution >= 0.6 is 0 Å². The van der Waals surface area contributed by atoms with Crippen molar-refractivity contribution in [3.63, 3.8) is 0 Å². The number of carbonyl (C=O) groups is 2. The van der Waals surface area contributed by atoms with Crippen molar-refractivity contribution in [2.45, 2.75) is 0 Å². The van der Waals surface area contributed by atoms with Crippen molar-refractivity contribution in [2.24, 2.45) is 5.10 Å². The van der Waals surface area contributed by atoms with Gasteiger partial charge in [0.05, 0.1) is 20.4 Å². The molecule has 35 heavy (non-hydrogen) atoms. The van der Waals surface area contributed by atoms with Crippen LogP contribution in [0.3, 0.4) is 0 Å². The summed E-state index contributed by atoms with van der Waals surface area (Å²) >= 11 is 0. The summed E-state index contributed by atoms with van der Waals surface area (Å²) in [5.41, 5.74) is 4.11. The van der Waals surface area contributed by atoms with Gasteiger partial charge in [-0.15, -0.1) is 0 Å². The van der Waals surface area contributed by atoms with Gasteiger partial charge in [-0.3, -0.25) is 9.59 Å². The second-order valence-electron chi connectivity index (χ2n) is 7.30. The second kappa shape index (κ2) is 10.9. The van der Waals surface area contributed by atoms with Crippen LogP contribution in [0.4, 0.5) is 0 Å². The number of amides is 2. The first-order chi connectivity index (χ1) is 17.1. The van der Waals surface area contributed by atoms with E-state index in [2.05, 4.69) is 15.8 Å². The van der Waals surface area contributed by atoms with Gasteiger partial charge in [0.1, 0.15) is 17.2 Å². The Morgan fingerprint density at radius 1 is 0.943 bits per heavy atom. The molecule has 2 amide bonds. The normalized spacial score (nSPS) is 12.3. The number of hydrogen-bond acceptors (Lipinski definition) is 7. The minimum atomic E-state index is -0.615. The molecule has 0 saturated heterocycles. The van der Waals surface area contributed by atoms with Gasteiger partial charge in [-0.05, 0) is 48.0 Å². The molecule has 1 heterocycles. The lowest BCUT2D eigenvalue weighted by atomic mass is 10.1. The molecule has 0 spiro atoms. The van der Waals surface area contributed by atoms with E-state index in [0.717, 1.165) is 0 Å². The molecule has 2 N–H and O–H groups in total.